The predicted octanol–water partition coefficient (Wildman–Crippen LogP) is 3.21. The van der Waals surface area contributed by atoms with Crippen molar-refractivity contribution in [2.75, 3.05) is 24.5 Å². The van der Waals surface area contributed by atoms with E-state index in [0.717, 1.165) is 16.1 Å². The smallest absolute Gasteiger partial charge is 0.246 e. The zero-order chi connectivity index (χ0) is 21.5. The van der Waals surface area contributed by atoms with Crippen LogP contribution in [0.1, 0.15) is 11.1 Å². The molecular weight excluding hydrogens is 406 g/mol. The maximum Gasteiger partial charge on any atom is 0.246 e. The number of anilines is 2. The Morgan fingerprint density at radius 2 is 1.87 bits per heavy atom. The summed E-state index contributed by atoms with van der Waals surface area (Å²) in [6.45, 7) is 0.371. The summed E-state index contributed by atoms with van der Waals surface area (Å²) < 4.78 is 10.6. The molecule has 1 heterocycles. The third-order valence-electron chi connectivity index (χ3n) is 4.33. The summed E-state index contributed by atoms with van der Waals surface area (Å²) in [5.74, 6) is 7.43. The number of nitrogens with zero attached hydrogens (tertiary/aromatic N) is 3. The molecule has 9 heteroatoms. The van der Waals surface area contributed by atoms with E-state index in [0.29, 0.717) is 18.0 Å². The minimum absolute atomic E-state index is 0.144. The number of hydrazine groups is 1. The van der Waals surface area contributed by atoms with E-state index in [4.69, 9.17) is 26.9 Å². The van der Waals surface area contributed by atoms with E-state index in [1.54, 1.807) is 20.3 Å². The van der Waals surface area contributed by atoms with Gasteiger partial charge >= 0.3 is 0 Å². The van der Waals surface area contributed by atoms with E-state index in [1.165, 1.54) is 6.07 Å². The number of hydrogen-bond donors (Lipinski definition) is 2. The molecule has 3 N–H and O–H groups in total. The minimum Gasteiger partial charge on any atom is -0.497 e. The van der Waals surface area contributed by atoms with Crippen molar-refractivity contribution in [3.05, 3.63) is 70.9 Å². The van der Waals surface area contributed by atoms with Gasteiger partial charge in [0.15, 0.2) is 5.82 Å². The van der Waals surface area contributed by atoms with Crippen LogP contribution in [0, 0.1) is 0 Å². The van der Waals surface area contributed by atoms with E-state index < -0.39 is 0 Å². The molecule has 0 atom stereocenters. The van der Waals surface area contributed by atoms with Crippen molar-refractivity contribution in [1.82, 2.24) is 9.97 Å². The van der Waals surface area contributed by atoms with Crippen molar-refractivity contribution in [1.29, 1.82) is 0 Å². The number of carbonyl (C=O) groups is 1. The second-order valence-electron chi connectivity index (χ2n) is 6.33. The summed E-state index contributed by atoms with van der Waals surface area (Å²) in [6, 6.07) is 16.2. The number of aromatic nitrogens is 2. The van der Waals surface area contributed by atoms with Crippen molar-refractivity contribution >= 4 is 29.3 Å². The largest absolute Gasteiger partial charge is 0.497 e. The molecule has 3 rings (SSSR count). The molecule has 1 amide bonds. The number of nitrogens with two attached hydrogens (primary N) is 1. The van der Waals surface area contributed by atoms with Gasteiger partial charge in [-0.05, 0) is 17.7 Å². The maximum atomic E-state index is 12.5. The zero-order valence-corrected chi connectivity index (χ0v) is 17.4. The van der Waals surface area contributed by atoms with Crippen LogP contribution < -0.4 is 25.6 Å². The number of hydrogen-bond acceptors (Lipinski definition) is 7. The topological polar surface area (TPSA) is 103 Å². The highest BCUT2D eigenvalue weighted by atomic mass is 35.5. The van der Waals surface area contributed by atoms with Gasteiger partial charge in [-0.2, -0.15) is 4.98 Å². The summed E-state index contributed by atoms with van der Waals surface area (Å²) in [4.78, 5) is 21.0. The van der Waals surface area contributed by atoms with Gasteiger partial charge in [-0.25, -0.2) is 15.8 Å². The lowest BCUT2D eigenvalue weighted by Crippen LogP contribution is -2.39. The SMILES string of the molecule is COc1ccc(CNc2nc(Cl)cc(N(N)C(=O)Cc3ccccc3)n2)c(OC)c1. The molecule has 2 aromatic carbocycles. The molecular formula is C21H22ClN5O3. The fourth-order valence-electron chi connectivity index (χ4n) is 2.76. The first-order valence-corrected chi connectivity index (χ1v) is 9.49. The third kappa shape index (κ3) is 5.37. The highest BCUT2D eigenvalue weighted by Gasteiger charge is 2.16. The Balaban J connectivity index is 1.73. The van der Waals surface area contributed by atoms with E-state index in [-0.39, 0.29) is 29.2 Å². The van der Waals surface area contributed by atoms with Crippen LogP contribution in [0.15, 0.2) is 54.6 Å². The van der Waals surface area contributed by atoms with Gasteiger partial charge in [0, 0.05) is 24.2 Å². The fraction of sp³-hybridized carbons (Fsp3) is 0.190. The second kappa shape index (κ2) is 9.91. The summed E-state index contributed by atoms with van der Waals surface area (Å²) in [5, 5.41) is 4.21. The number of amides is 1. The predicted molar refractivity (Wildman–Crippen MR) is 116 cm³/mol. The molecule has 30 heavy (non-hydrogen) atoms. The quantitative estimate of drug-likeness (QED) is 0.246. The number of halogens is 1. The lowest BCUT2D eigenvalue weighted by atomic mass is 10.1. The number of benzene rings is 2. The molecule has 0 unspecified atom stereocenters. The number of nitrogens with one attached hydrogen (secondary N) is 1. The monoisotopic (exact) mass is 427 g/mol. The second-order valence-corrected chi connectivity index (χ2v) is 6.72. The summed E-state index contributed by atoms with van der Waals surface area (Å²) in [5.41, 5.74) is 1.72. The molecule has 0 saturated carbocycles. The summed E-state index contributed by atoms with van der Waals surface area (Å²) in [6.07, 6.45) is 0.144. The first kappa shape index (κ1) is 21.4. The van der Waals surface area contributed by atoms with E-state index in [2.05, 4.69) is 15.3 Å². The minimum atomic E-state index is -0.321. The molecule has 3 aromatic rings. The van der Waals surface area contributed by atoms with Gasteiger partial charge in [0.1, 0.15) is 16.7 Å². The number of rotatable bonds is 8. The highest BCUT2D eigenvalue weighted by molar-refractivity contribution is 6.29. The first-order chi connectivity index (χ1) is 14.5. The Kier molecular flexibility index (Phi) is 7.05. The van der Waals surface area contributed by atoms with Crippen molar-refractivity contribution < 1.29 is 14.3 Å². The van der Waals surface area contributed by atoms with Gasteiger partial charge in [-0.3, -0.25) is 4.79 Å². The van der Waals surface area contributed by atoms with E-state index in [9.17, 15) is 4.79 Å². The highest BCUT2D eigenvalue weighted by Crippen LogP contribution is 2.25. The van der Waals surface area contributed by atoms with Crippen LogP contribution in [-0.4, -0.2) is 30.1 Å². The van der Waals surface area contributed by atoms with Crippen LogP contribution in [0.2, 0.25) is 5.15 Å². The molecule has 0 aliphatic carbocycles. The number of methoxy groups -OCH3 is 2. The van der Waals surface area contributed by atoms with Gasteiger partial charge in [-0.1, -0.05) is 41.9 Å². The van der Waals surface area contributed by atoms with Crippen LogP contribution in [0.5, 0.6) is 11.5 Å². The standard InChI is InChI=1S/C21H22ClN5O3/c1-29-16-9-8-15(17(11-16)30-2)13-24-21-25-18(22)12-19(26-21)27(23)20(28)10-14-6-4-3-5-7-14/h3-9,11-12H,10,13,23H2,1-2H3,(H,24,25,26). The van der Waals surface area contributed by atoms with Crippen LogP contribution in [-0.2, 0) is 17.8 Å². The van der Waals surface area contributed by atoms with Crippen LogP contribution in [0.25, 0.3) is 0 Å². The molecule has 0 radical (unpaired) electrons. The summed E-state index contributed by atoms with van der Waals surface area (Å²) in [7, 11) is 3.17. The van der Waals surface area contributed by atoms with Crippen molar-refractivity contribution in [2.24, 2.45) is 5.84 Å². The molecule has 0 aliphatic rings. The van der Waals surface area contributed by atoms with Gasteiger partial charge in [0.2, 0.25) is 11.9 Å². The Morgan fingerprint density at radius 1 is 1.10 bits per heavy atom. The Bertz CT molecular complexity index is 1020. The first-order valence-electron chi connectivity index (χ1n) is 9.11. The third-order valence-corrected chi connectivity index (χ3v) is 4.52. The Morgan fingerprint density at radius 3 is 2.57 bits per heavy atom. The number of carbonyl (C=O) groups excluding carboxylic acids is 1. The molecule has 0 fully saturated rings. The van der Waals surface area contributed by atoms with Crippen LogP contribution in [0.4, 0.5) is 11.8 Å². The molecule has 0 spiro atoms. The van der Waals surface area contributed by atoms with Crippen molar-refractivity contribution in [3.63, 3.8) is 0 Å². The summed E-state index contributed by atoms with van der Waals surface area (Å²) >= 11 is 6.11. The molecule has 156 valence electrons. The Hall–Kier alpha value is -3.36. The van der Waals surface area contributed by atoms with Gasteiger partial charge in [-0.15, -0.1) is 0 Å². The van der Waals surface area contributed by atoms with E-state index in [1.807, 2.05) is 42.5 Å². The normalized spacial score (nSPS) is 10.4. The molecule has 1 aromatic heterocycles. The van der Waals surface area contributed by atoms with Crippen LogP contribution in [0.3, 0.4) is 0 Å². The average Bonchev–Trinajstić information content (AvgIpc) is 2.77. The van der Waals surface area contributed by atoms with Gasteiger partial charge < -0.3 is 14.8 Å². The van der Waals surface area contributed by atoms with Gasteiger partial charge in [0.25, 0.3) is 0 Å². The molecule has 0 saturated heterocycles. The molecule has 8 nitrogen and oxygen atoms in total. The van der Waals surface area contributed by atoms with Crippen LogP contribution >= 0.6 is 11.6 Å². The fourth-order valence-corrected chi connectivity index (χ4v) is 2.94. The Labute approximate surface area is 179 Å². The lowest BCUT2D eigenvalue weighted by molar-refractivity contribution is -0.118. The molecule has 0 aliphatic heterocycles. The molecule has 0 bridgehead atoms. The van der Waals surface area contributed by atoms with Crippen molar-refractivity contribution in [3.8, 4) is 11.5 Å². The van der Waals surface area contributed by atoms with Gasteiger partial charge in [0.05, 0.1) is 20.6 Å². The number of ether oxygens (including phenoxy) is 2. The zero-order valence-electron chi connectivity index (χ0n) is 16.6. The van der Waals surface area contributed by atoms with E-state index >= 15 is 0 Å². The van der Waals surface area contributed by atoms with Crippen molar-refractivity contribution in [2.45, 2.75) is 13.0 Å². The average molecular weight is 428 g/mol. The lowest BCUT2D eigenvalue weighted by Gasteiger charge is -2.17. The maximum absolute atomic E-state index is 12.5.